The molecule has 6 N–H and O–H groups in total. The highest BCUT2D eigenvalue weighted by molar-refractivity contribution is 6.00. The van der Waals surface area contributed by atoms with E-state index in [1.807, 2.05) is 0 Å². The number of carboxylic acids is 1. The summed E-state index contributed by atoms with van der Waals surface area (Å²) >= 11 is 0. The molecule has 0 unspecified atom stereocenters. The Kier molecular flexibility index (Phi) is 7.01. The van der Waals surface area contributed by atoms with Gasteiger partial charge in [0.25, 0.3) is 5.97 Å². The molecule has 2 aromatic carbocycles. The Labute approximate surface area is 142 Å². The van der Waals surface area contributed by atoms with E-state index in [1.54, 1.807) is 6.07 Å². The number of urea groups is 1. The molecule has 0 atom stereocenters. The lowest BCUT2D eigenvalue weighted by atomic mass is 10.2. The second kappa shape index (κ2) is 8.96. The first kappa shape index (κ1) is 19.6. The van der Waals surface area contributed by atoms with E-state index in [2.05, 4.69) is 10.6 Å². The van der Waals surface area contributed by atoms with Gasteiger partial charge in [-0.2, -0.15) is 0 Å². The fourth-order valence-electron chi connectivity index (χ4n) is 1.62. The van der Waals surface area contributed by atoms with Gasteiger partial charge in [-0.1, -0.05) is 12.1 Å². The molecule has 25 heavy (non-hydrogen) atoms. The van der Waals surface area contributed by atoms with Gasteiger partial charge in [0.15, 0.2) is 0 Å². The van der Waals surface area contributed by atoms with Crippen LogP contribution in [0.4, 0.5) is 25.0 Å². The molecule has 2 aromatic rings. The van der Waals surface area contributed by atoms with Gasteiger partial charge in [-0.15, -0.1) is 0 Å². The topological polar surface area (TPSA) is 128 Å². The summed E-state index contributed by atoms with van der Waals surface area (Å²) in [5.74, 6) is -2.46. The normalized spacial score (nSPS) is 9.40. The van der Waals surface area contributed by atoms with Crippen molar-refractivity contribution in [3.63, 3.8) is 0 Å². The largest absolute Gasteiger partial charge is 0.481 e. The third-order valence-corrected chi connectivity index (χ3v) is 2.65. The molecule has 0 bridgehead atoms. The smallest absolute Gasteiger partial charge is 0.323 e. The second-order valence-electron chi connectivity index (χ2n) is 4.69. The zero-order valence-electron chi connectivity index (χ0n) is 13.1. The number of amidine groups is 1. The quantitative estimate of drug-likeness (QED) is 0.430. The van der Waals surface area contributed by atoms with Gasteiger partial charge in [-0.3, -0.25) is 10.2 Å². The molecule has 0 aliphatic heterocycles. The van der Waals surface area contributed by atoms with Crippen LogP contribution in [0.3, 0.4) is 0 Å². The van der Waals surface area contributed by atoms with E-state index in [1.165, 1.54) is 30.3 Å². The summed E-state index contributed by atoms with van der Waals surface area (Å²) in [7, 11) is 0. The van der Waals surface area contributed by atoms with Crippen LogP contribution in [0.5, 0.6) is 0 Å². The van der Waals surface area contributed by atoms with E-state index < -0.39 is 23.6 Å². The fraction of sp³-hybridized carbons (Fsp3) is 0.0625. The lowest BCUT2D eigenvalue weighted by Crippen LogP contribution is -2.21. The highest BCUT2D eigenvalue weighted by Crippen LogP contribution is 2.17. The molecule has 0 aromatic heterocycles. The van der Waals surface area contributed by atoms with Crippen LogP contribution >= 0.6 is 0 Å². The molecule has 0 heterocycles. The minimum absolute atomic E-state index is 0.0178. The van der Waals surface area contributed by atoms with Gasteiger partial charge in [-0.05, 0) is 30.3 Å². The molecule has 0 saturated carbocycles. The molecule has 2 rings (SSSR count). The van der Waals surface area contributed by atoms with Gasteiger partial charge in [0.1, 0.15) is 17.5 Å². The lowest BCUT2D eigenvalue weighted by Gasteiger charge is -2.09. The van der Waals surface area contributed by atoms with Gasteiger partial charge in [0, 0.05) is 12.5 Å². The van der Waals surface area contributed by atoms with Crippen LogP contribution in [0.1, 0.15) is 12.5 Å². The number of hydrogen-bond acceptors (Lipinski definition) is 3. The zero-order valence-corrected chi connectivity index (χ0v) is 13.1. The van der Waals surface area contributed by atoms with Gasteiger partial charge < -0.3 is 21.5 Å². The summed E-state index contributed by atoms with van der Waals surface area (Å²) in [6.07, 6.45) is 0. The average Bonchev–Trinajstić information content (AvgIpc) is 2.51. The Morgan fingerprint density at radius 2 is 1.56 bits per heavy atom. The molecule has 7 nitrogen and oxygen atoms in total. The number of aliphatic carboxylic acids is 1. The number of nitrogens with one attached hydrogen (secondary N) is 3. The highest BCUT2D eigenvalue weighted by atomic mass is 19.1. The van der Waals surface area contributed by atoms with E-state index in [9.17, 15) is 13.6 Å². The maximum atomic E-state index is 13.7. The molecule has 0 aliphatic rings. The molecule has 132 valence electrons. The first-order chi connectivity index (χ1) is 11.7. The number of carbonyl (C=O) groups excluding carboxylic acids is 1. The van der Waals surface area contributed by atoms with Gasteiger partial charge in [0.05, 0.1) is 11.4 Å². The average molecular weight is 350 g/mol. The number of benzene rings is 2. The standard InChI is InChI=1S/C14H12F2N4O.C2H4O2/c15-9-3-1-2-4-11(9)19-14(21)20-12-6-5-8(13(17)18)7-10(12)16;1-2(3)4/h1-7H,(H3,17,18)(H2,19,20,21);1H3,(H,3,4). The Hall–Kier alpha value is -3.49. The van der Waals surface area contributed by atoms with Crippen LogP contribution < -0.4 is 16.4 Å². The molecular formula is C16H16F2N4O3. The Balaban J connectivity index is 0.000000705. The number of para-hydroxylation sites is 1. The zero-order chi connectivity index (χ0) is 19.0. The summed E-state index contributed by atoms with van der Waals surface area (Å²) in [6, 6.07) is 8.52. The summed E-state index contributed by atoms with van der Waals surface area (Å²) in [4.78, 5) is 20.7. The van der Waals surface area contributed by atoms with Crippen LogP contribution in [0.15, 0.2) is 42.5 Å². The third-order valence-electron chi connectivity index (χ3n) is 2.65. The predicted molar refractivity (Wildman–Crippen MR) is 89.8 cm³/mol. The Morgan fingerprint density at radius 1 is 1.04 bits per heavy atom. The van der Waals surface area contributed by atoms with Crippen LogP contribution in [-0.2, 0) is 4.79 Å². The van der Waals surface area contributed by atoms with E-state index in [0.717, 1.165) is 13.0 Å². The van der Waals surface area contributed by atoms with Crippen LogP contribution in [0.2, 0.25) is 0 Å². The number of nitrogen functional groups attached to an aromatic ring is 1. The SMILES string of the molecule is CC(=O)O.N=C(N)c1ccc(NC(=O)Nc2ccccc2F)c(F)c1. The van der Waals surface area contributed by atoms with E-state index in [4.69, 9.17) is 21.0 Å². The third kappa shape index (κ3) is 6.65. The molecule has 9 heteroatoms. The van der Waals surface area contributed by atoms with E-state index in [0.29, 0.717) is 0 Å². The molecule has 0 radical (unpaired) electrons. The molecule has 0 fully saturated rings. The van der Waals surface area contributed by atoms with Crippen molar-refractivity contribution in [2.45, 2.75) is 6.92 Å². The monoisotopic (exact) mass is 350 g/mol. The number of hydrogen-bond donors (Lipinski definition) is 5. The number of halogens is 2. The number of rotatable bonds is 3. The Bertz CT molecular complexity index is 793. The van der Waals surface area contributed by atoms with Crippen molar-refractivity contribution >= 4 is 29.2 Å². The second-order valence-corrected chi connectivity index (χ2v) is 4.69. The minimum atomic E-state index is -0.833. The van der Waals surface area contributed by atoms with Crippen molar-refractivity contribution in [1.82, 2.24) is 0 Å². The van der Waals surface area contributed by atoms with Crippen LogP contribution in [0.25, 0.3) is 0 Å². The Morgan fingerprint density at radius 3 is 2.04 bits per heavy atom. The maximum absolute atomic E-state index is 13.7. The fourth-order valence-corrected chi connectivity index (χ4v) is 1.62. The van der Waals surface area contributed by atoms with Crippen molar-refractivity contribution in [2.24, 2.45) is 5.73 Å². The summed E-state index contributed by atoms with van der Waals surface area (Å²) in [5, 5.41) is 19.1. The molecule has 2 amide bonds. The van der Waals surface area contributed by atoms with E-state index in [-0.39, 0.29) is 22.8 Å². The first-order valence-electron chi connectivity index (χ1n) is 6.86. The number of amides is 2. The maximum Gasteiger partial charge on any atom is 0.323 e. The van der Waals surface area contributed by atoms with Crippen LogP contribution in [-0.4, -0.2) is 22.9 Å². The molecule has 0 saturated heterocycles. The predicted octanol–water partition coefficient (Wildman–Crippen LogP) is 2.98. The molecular weight excluding hydrogens is 334 g/mol. The van der Waals surface area contributed by atoms with Crippen molar-refractivity contribution in [3.05, 3.63) is 59.7 Å². The number of nitrogens with two attached hydrogens (primary N) is 1. The van der Waals surface area contributed by atoms with Crippen molar-refractivity contribution in [1.29, 1.82) is 5.41 Å². The van der Waals surface area contributed by atoms with Gasteiger partial charge in [-0.25, -0.2) is 13.6 Å². The number of anilines is 2. The molecule has 0 aliphatic carbocycles. The summed E-state index contributed by atoms with van der Waals surface area (Å²) in [6.45, 7) is 1.08. The van der Waals surface area contributed by atoms with Gasteiger partial charge >= 0.3 is 6.03 Å². The molecule has 0 spiro atoms. The summed E-state index contributed by atoms with van der Waals surface area (Å²) < 4.78 is 27.1. The van der Waals surface area contributed by atoms with Crippen molar-refractivity contribution in [2.75, 3.05) is 10.6 Å². The van der Waals surface area contributed by atoms with Crippen molar-refractivity contribution in [3.8, 4) is 0 Å². The van der Waals surface area contributed by atoms with Crippen LogP contribution in [0, 0.1) is 17.0 Å². The van der Waals surface area contributed by atoms with Gasteiger partial charge in [0.2, 0.25) is 0 Å². The number of carboxylic acid groups (broad SMARTS) is 1. The minimum Gasteiger partial charge on any atom is -0.481 e. The van der Waals surface area contributed by atoms with E-state index >= 15 is 0 Å². The lowest BCUT2D eigenvalue weighted by molar-refractivity contribution is -0.134. The highest BCUT2D eigenvalue weighted by Gasteiger charge is 2.10. The summed E-state index contributed by atoms with van der Waals surface area (Å²) in [5.41, 5.74) is 5.31. The van der Waals surface area contributed by atoms with Crippen molar-refractivity contribution < 1.29 is 23.5 Å². The first-order valence-corrected chi connectivity index (χ1v) is 6.86. The number of carbonyl (C=O) groups is 2.